The molecule has 0 aliphatic heterocycles. The second-order valence-electron chi connectivity index (χ2n) is 3.84. The van der Waals surface area contributed by atoms with Gasteiger partial charge < -0.3 is 0 Å². The van der Waals surface area contributed by atoms with Gasteiger partial charge in [0, 0.05) is 0 Å². The predicted molar refractivity (Wildman–Crippen MR) is 45.8 cm³/mol. The van der Waals surface area contributed by atoms with E-state index in [1.54, 1.807) is 0 Å². The van der Waals surface area contributed by atoms with E-state index in [9.17, 15) is 0 Å². The van der Waals surface area contributed by atoms with E-state index in [4.69, 9.17) is 3.88 Å². The minimum atomic E-state index is 0.198. The van der Waals surface area contributed by atoms with Gasteiger partial charge in [-0.1, -0.05) is 0 Å². The quantitative estimate of drug-likeness (QED) is 0.644. The zero-order valence-electron chi connectivity index (χ0n) is 7.53. The molecule has 0 atom stereocenters. The molecule has 0 saturated carbocycles. The van der Waals surface area contributed by atoms with E-state index < -0.39 is 0 Å². The molecule has 0 radical (unpaired) electrons. The number of benzene rings is 1. The van der Waals surface area contributed by atoms with Crippen LogP contribution in [0.25, 0.3) is 0 Å². The summed E-state index contributed by atoms with van der Waals surface area (Å²) in [6, 6.07) is 7.91. The summed E-state index contributed by atoms with van der Waals surface area (Å²) < 4.78 is 4.71. The van der Waals surface area contributed by atoms with E-state index in [1.807, 2.05) is 24.3 Å². The molecular formula is C10H13NiO. The van der Waals surface area contributed by atoms with Gasteiger partial charge in [0.05, 0.1) is 0 Å². The summed E-state index contributed by atoms with van der Waals surface area (Å²) in [5, 5.41) is 0. The maximum absolute atomic E-state index is 4.71. The Kier molecular flexibility index (Phi) is 2.79. The zero-order chi connectivity index (χ0) is 9.19. The van der Waals surface area contributed by atoms with Crippen molar-refractivity contribution in [3.63, 3.8) is 0 Å². The first-order valence-electron chi connectivity index (χ1n) is 3.90. The van der Waals surface area contributed by atoms with Crippen molar-refractivity contribution in [3.05, 3.63) is 29.8 Å². The SMILES string of the molecule is CC(C)(C)c1ccc([O][Ni])cc1. The van der Waals surface area contributed by atoms with E-state index in [0.717, 1.165) is 5.75 Å². The molecule has 0 N–H and O–H groups in total. The van der Waals surface area contributed by atoms with Crippen LogP contribution in [0.5, 0.6) is 5.75 Å². The molecule has 1 aromatic carbocycles. The summed E-state index contributed by atoms with van der Waals surface area (Å²) in [5.74, 6) is 0.753. The molecule has 1 nitrogen and oxygen atoms in total. The van der Waals surface area contributed by atoms with Crippen molar-refractivity contribution >= 4 is 0 Å². The average molecular weight is 208 g/mol. The van der Waals surface area contributed by atoms with Gasteiger partial charge in [-0.25, -0.2) is 0 Å². The van der Waals surface area contributed by atoms with E-state index in [2.05, 4.69) is 36.6 Å². The molecule has 0 unspecified atom stereocenters. The van der Waals surface area contributed by atoms with Crippen LogP contribution < -0.4 is 3.88 Å². The van der Waals surface area contributed by atoms with Gasteiger partial charge in [0.25, 0.3) is 0 Å². The Morgan fingerprint density at radius 2 is 1.58 bits per heavy atom. The Labute approximate surface area is 81.8 Å². The fourth-order valence-electron chi connectivity index (χ4n) is 0.998. The molecule has 1 rings (SSSR count). The van der Waals surface area contributed by atoms with Crippen molar-refractivity contribution in [2.75, 3.05) is 0 Å². The van der Waals surface area contributed by atoms with Gasteiger partial charge in [-0.3, -0.25) is 0 Å². The summed E-state index contributed by atoms with van der Waals surface area (Å²) in [6.45, 7) is 6.54. The van der Waals surface area contributed by atoms with Gasteiger partial charge >= 0.3 is 81.4 Å². The Bertz CT molecular complexity index is 246. The Balaban J connectivity index is 2.93. The van der Waals surface area contributed by atoms with Crippen LogP contribution in [-0.4, -0.2) is 0 Å². The molecule has 0 fully saturated rings. The van der Waals surface area contributed by atoms with Crippen molar-refractivity contribution < 1.29 is 19.7 Å². The summed E-state index contributed by atoms with van der Waals surface area (Å²) in [6.07, 6.45) is 0. The fourth-order valence-corrected chi connectivity index (χ4v) is 1.13. The molecular weight excluding hydrogens is 195 g/mol. The second kappa shape index (κ2) is 3.49. The van der Waals surface area contributed by atoms with Crippen LogP contribution in [0.2, 0.25) is 0 Å². The summed E-state index contributed by atoms with van der Waals surface area (Å²) in [5.41, 5.74) is 1.49. The molecule has 2 heteroatoms. The fraction of sp³-hybridized carbons (Fsp3) is 0.400. The van der Waals surface area contributed by atoms with Gasteiger partial charge in [-0.05, 0) is 0 Å². The van der Waals surface area contributed by atoms with Crippen LogP contribution in [0.4, 0.5) is 0 Å². The van der Waals surface area contributed by atoms with Gasteiger partial charge in [0.15, 0.2) is 0 Å². The van der Waals surface area contributed by atoms with Crippen LogP contribution in [-0.2, 0) is 21.2 Å². The van der Waals surface area contributed by atoms with E-state index in [1.165, 1.54) is 5.56 Å². The minimum absolute atomic E-state index is 0.198. The first kappa shape index (κ1) is 9.60. The molecule has 0 bridgehead atoms. The normalized spacial score (nSPS) is 11.4. The summed E-state index contributed by atoms with van der Waals surface area (Å²) in [4.78, 5) is 0. The molecule has 0 aliphatic rings. The summed E-state index contributed by atoms with van der Waals surface area (Å²) in [7, 11) is 0. The van der Waals surface area contributed by atoms with Crippen molar-refractivity contribution in [2.24, 2.45) is 0 Å². The van der Waals surface area contributed by atoms with E-state index in [-0.39, 0.29) is 5.41 Å². The van der Waals surface area contributed by atoms with Crippen LogP contribution in [0, 0.1) is 0 Å². The molecule has 1 aromatic rings. The Hall–Kier alpha value is -0.486. The first-order chi connectivity index (χ1) is 5.54. The first-order valence-corrected chi connectivity index (χ1v) is 4.31. The molecule has 0 aliphatic carbocycles. The van der Waals surface area contributed by atoms with Gasteiger partial charge in [0.1, 0.15) is 0 Å². The van der Waals surface area contributed by atoms with Gasteiger partial charge in [-0.15, -0.1) is 0 Å². The third-order valence-corrected chi connectivity index (χ3v) is 2.03. The zero-order valence-corrected chi connectivity index (χ0v) is 8.52. The van der Waals surface area contributed by atoms with Crippen molar-refractivity contribution in [2.45, 2.75) is 26.2 Å². The molecule has 12 heavy (non-hydrogen) atoms. The summed E-state index contributed by atoms with van der Waals surface area (Å²) >= 11 is 4.18. The topological polar surface area (TPSA) is 9.23 Å². The van der Waals surface area contributed by atoms with Gasteiger partial charge in [-0.2, -0.15) is 0 Å². The molecule has 0 amide bonds. The van der Waals surface area contributed by atoms with E-state index in [0.29, 0.717) is 0 Å². The molecule has 0 heterocycles. The monoisotopic (exact) mass is 207 g/mol. The second-order valence-corrected chi connectivity index (χ2v) is 4.04. The average Bonchev–Trinajstić information content (AvgIpc) is 2.03. The third kappa shape index (κ3) is 2.25. The van der Waals surface area contributed by atoms with Crippen LogP contribution in [0.1, 0.15) is 26.3 Å². The molecule has 69 valence electrons. The third-order valence-electron chi connectivity index (χ3n) is 1.79. The number of rotatable bonds is 1. The van der Waals surface area contributed by atoms with Crippen LogP contribution in [0.3, 0.4) is 0 Å². The number of hydrogen-bond acceptors (Lipinski definition) is 1. The predicted octanol–water partition coefficient (Wildman–Crippen LogP) is 2.82. The maximum atomic E-state index is 4.71. The molecule has 0 spiro atoms. The van der Waals surface area contributed by atoms with Crippen molar-refractivity contribution in [1.82, 2.24) is 0 Å². The van der Waals surface area contributed by atoms with E-state index >= 15 is 0 Å². The van der Waals surface area contributed by atoms with Crippen molar-refractivity contribution in [1.29, 1.82) is 0 Å². The number of hydrogen-bond donors (Lipinski definition) is 0. The van der Waals surface area contributed by atoms with Crippen LogP contribution in [0.15, 0.2) is 24.3 Å². The Morgan fingerprint density at radius 1 is 1.08 bits per heavy atom. The van der Waals surface area contributed by atoms with Crippen molar-refractivity contribution in [3.8, 4) is 5.75 Å². The molecule has 0 aromatic heterocycles. The molecule has 0 saturated heterocycles. The van der Waals surface area contributed by atoms with Crippen LogP contribution >= 0.6 is 0 Å². The van der Waals surface area contributed by atoms with Gasteiger partial charge in [0.2, 0.25) is 0 Å². The Morgan fingerprint density at radius 3 is 1.92 bits per heavy atom. The standard InChI is InChI=1S/C10H14O.Ni/c1-10(2,3)8-4-6-9(11)7-5-8;/h4-7,11H,1-3H3;/q;+1/p-1.